The maximum atomic E-state index is 12.8. The SMILES string of the molecule is C[C@H]1[C@H](NC(=O)c2ccc(Oc3cncc(N4CCOCC4)c3)cc2)C2CCN1CC2. The lowest BCUT2D eigenvalue weighted by molar-refractivity contribution is 0.0217. The van der Waals surface area contributed by atoms with Crippen molar-refractivity contribution in [2.24, 2.45) is 5.92 Å². The van der Waals surface area contributed by atoms with Gasteiger partial charge >= 0.3 is 0 Å². The molecule has 0 radical (unpaired) electrons. The van der Waals surface area contributed by atoms with Crippen LogP contribution in [0.15, 0.2) is 42.7 Å². The number of hydrogen-bond donors (Lipinski definition) is 1. The second-order valence-corrected chi connectivity index (χ2v) is 8.72. The van der Waals surface area contributed by atoms with E-state index in [1.807, 2.05) is 36.5 Å². The molecular formula is C24H30N4O3. The maximum Gasteiger partial charge on any atom is 0.251 e. The Morgan fingerprint density at radius 1 is 1.06 bits per heavy atom. The van der Waals surface area contributed by atoms with Gasteiger partial charge in [-0.2, -0.15) is 0 Å². The lowest BCUT2D eigenvalue weighted by atomic mass is 9.79. The molecule has 1 aromatic heterocycles. The molecule has 1 aromatic carbocycles. The number of benzene rings is 1. The van der Waals surface area contributed by atoms with Gasteiger partial charge in [-0.25, -0.2) is 0 Å². The third kappa shape index (κ3) is 4.38. The van der Waals surface area contributed by atoms with E-state index in [1.165, 1.54) is 12.8 Å². The van der Waals surface area contributed by atoms with Gasteiger partial charge in [0.2, 0.25) is 0 Å². The number of hydrogen-bond acceptors (Lipinski definition) is 6. The molecule has 2 atom stereocenters. The zero-order chi connectivity index (χ0) is 21.2. The van der Waals surface area contributed by atoms with Gasteiger partial charge in [0.15, 0.2) is 0 Å². The summed E-state index contributed by atoms with van der Waals surface area (Å²) in [6.07, 6.45) is 5.92. The average molecular weight is 423 g/mol. The molecule has 2 aromatic rings. The molecule has 4 fully saturated rings. The molecule has 4 saturated heterocycles. The Hall–Kier alpha value is -2.64. The fourth-order valence-electron chi connectivity index (χ4n) is 5.05. The number of nitrogens with zero attached hydrogens (tertiary/aromatic N) is 3. The fourth-order valence-corrected chi connectivity index (χ4v) is 5.05. The molecule has 0 unspecified atom stereocenters. The van der Waals surface area contributed by atoms with Crippen molar-refractivity contribution in [1.29, 1.82) is 0 Å². The molecule has 7 nitrogen and oxygen atoms in total. The van der Waals surface area contributed by atoms with Gasteiger partial charge in [-0.1, -0.05) is 0 Å². The number of amides is 1. The van der Waals surface area contributed by atoms with Gasteiger partial charge in [0.05, 0.1) is 31.3 Å². The van der Waals surface area contributed by atoms with E-state index >= 15 is 0 Å². The Morgan fingerprint density at radius 2 is 1.81 bits per heavy atom. The highest BCUT2D eigenvalue weighted by Crippen LogP contribution is 2.32. The summed E-state index contributed by atoms with van der Waals surface area (Å²) < 4.78 is 11.4. The van der Waals surface area contributed by atoms with Crippen LogP contribution in [0.5, 0.6) is 11.5 Å². The van der Waals surface area contributed by atoms with E-state index in [-0.39, 0.29) is 11.9 Å². The molecule has 7 heteroatoms. The predicted molar refractivity (Wildman–Crippen MR) is 119 cm³/mol. The Balaban J connectivity index is 1.22. The van der Waals surface area contributed by atoms with Crippen LogP contribution in [0, 0.1) is 5.92 Å². The van der Waals surface area contributed by atoms with Gasteiger partial charge in [0, 0.05) is 36.8 Å². The first kappa shape index (κ1) is 20.3. The smallest absolute Gasteiger partial charge is 0.251 e. The summed E-state index contributed by atoms with van der Waals surface area (Å²) in [6.45, 7) is 7.71. The molecule has 5 heterocycles. The number of pyridine rings is 1. The van der Waals surface area contributed by atoms with Crippen LogP contribution in [0.1, 0.15) is 30.1 Å². The number of fused-ring (bicyclic) bond motifs is 3. The molecule has 4 aliphatic heterocycles. The normalized spacial score (nSPS) is 27.7. The molecule has 2 bridgehead atoms. The summed E-state index contributed by atoms with van der Waals surface area (Å²) in [5, 5.41) is 3.28. The van der Waals surface area contributed by atoms with E-state index in [2.05, 4.69) is 27.0 Å². The van der Waals surface area contributed by atoms with E-state index in [9.17, 15) is 4.79 Å². The number of anilines is 1. The summed E-state index contributed by atoms with van der Waals surface area (Å²) in [5.41, 5.74) is 1.69. The number of morpholine rings is 1. The molecule has 0 spiro atoms. The van der Waals surface area contributed by atoms with Gasteiger partial charge in [-0.05, 0) is 63.0 Å². The molecule has 6 rings (SSSR count). The number of piperidine rings is 3. The van der Waals surface area contributed by atoms with Crippen molar-refractivity contribution in [2.45, 2.75) is 31.8 Å². The van der Waals surface area contributed by atoms with Gasteiger partial charge in [-0.15, -0.1) is 0 Å². The number of carbonyl (C=O) groups is 1. The van der Waals surface area contributed by atoms with Crippen molar-refractivity contribution in [3.63, 3.8) is 0 Å². The first-order valence-electron chi connectivity index (χ1n) is 11.3. The standard InChI is InChI=1S/C24H30N4O3/c1-17-23(18-6-8-27(17)9-7-18)26-24(29)19-2-4-21(5-3-19)31-22-14-20(15-25-16-22)28-10-12-30-13-11-28/h2-5,14-18,23H,6-13H2,1H3,(H,26,29)/t17-,23-/m0/s1. The van der Waals surface area contributed by atoms with E-state index < -0.39 is 0 Å². The average Bonchev–Trinajstić information content (AvgIpc) is 2.83. The number of ether oxygens (including phenoxy) is 2. The van der Waals surface area contributed by atoms with Crippen LogP contribution in [0.25, 0.3) is 0 Å². The van der Waals surface area contributed by atoms with Crippen LogP contribution in [-0.2, 0) is 4.74 Å². The molecule has 1 amide bonds. The molecule has 1 N–H and O–H groups in total. The summed E-state index contributed by atoms with van der Waals surface area (Å²) in [6, 6.07) is 9.98. The second kappa shape index (κ2) is 8.85. The first-order chi connectivity index (χ1) is 15.2. The summed E-state index contributed by atoms with van der Waals surface area (Å²) in [4.78, 5) is 21.9. The zero-order valence-electron chi connectivity index (χ0n) is 18.0. The van der Waals surface area contributed by atoms with Crippen LogP contribution in [0.4, 0.5) is 5.69 Å². The van der Waals surface area contributed by atoms with Crippen LogP contribution < -0.4 is 15.0 Å². The van der Waals surface area contributed by atoms with Gasteiger partial charge in [0.25, 0.3) is 5.91 Å². The van der Waals surface area contributed by atoms with Gasteiger partial charge < -0.3 is 19.7 Å². The number of rotatable bonds is 5. The fraction of sp³-hybridized carbons (Fsp3) is 0.500. The summed E-state index contributed by atoms with van der Waals surface area (Å²) >= 11 is 0. The van der Waals surface area contributed by atoms with E-state index in [0.29, 0.717) is 29.0 Å². The maximum absolute atomic E-state index is 12.8. The highest BCUT2D eigenvalue weighted by Gasteiger charge is 2.40. The molecule has 0 saturated carbocycles. The Labute approximate surface area is 183 Å². The molecular weight excluding hydrogens is 392 g/mol. The summed E-state index contributed by atoms with van der Waals surface area (Å²) in [5.74, 6) is 1.96. The van der Waals surface area contributed by atoms with Crippen LogP contribution in [0.2, 0.25) is 0 Å². The number of nitrogens with one attached hydrogen (secondary N) is 1. The zero-order valence-corrected chi connectivity index (χ0v) is 18.0. The quantitative estimate of drug-likeness (QED) is 0.799. The Kier molecular flexibility index (Phi) is 5.78. The molecule has 0 aliphatic carbocycles. The second-order valence-electron chi connectivity index (χ2n) is 8.72. The topological polar surface area (TPSA) is 66.9 Å². The molecule has 164 valence electrons. The van der Waals surface area contributed by atoms with Crippen molar-refractivity contribution in [2.75, 3.05) is 44.3 Å². The Bertz CT molecular complexity index is 903. The van der Waals surface area contributed by atoms with Crippen LogP contribution in [0.3, 0.4) is 0 Å². The largest absolute Gasteiger partial charge is 0.456 e. The first-order valence-corrected chi connectivity index (χ1v) is 11.3. The van der Waals surface area contributed by atoms with Crippen molar-refractivity contribution in [1.82, 2.24) is 15.2 Å². The predicted octanol–water partition coefficient (Wildman–Crippen LogP) is 2.92. The van der Waals surface area contributed by atoms with Crippen molar-refractivity contribution in [3.05, 3.63) is 48.3 Å². The lowest BCUT2D eigenvalue weighted by Gasteiger charge is -2.49. The monoisotopic (exact) mass is 422 g/mol. The number of carbonyl (C=O) groups excluding carboxylic acids is 1. The van der Waals surface area contributed by atoms with E-state index in [0.717, 1.165) is 45.1 Å². The van der Waals surface area contributed by atoms with Gasteiger partial charge in [0.1, 0.15) is 11.5 Å². The van der Waals surface area contributed by atoms with Crippen LogP contribution >= 0.6 is 0 Å². The minimum Gasteiger partial charge on any atom is -0.456 e. The van der Waals surface area contributed by atoms with E-state index in [1.54, 1.807) is 6.20 Å². The van der Waals surface area contributed by atoms with Crippen molar-refractivity contribution < 1.29 is 14.3 Å². The third-order valence-corrected chi connectivity index (χ3v) is 6.90. The Morgan fingerprint density at radius 3 is 2.52 bits per heavy atom. The minimum absolute atomic E-state index is 0.00636. The van der Waals surface area contributed by atoms with E-state index in [4.69, 9.17) is 9.47 Å². The third-order valence-electron chi connectivity index (χ3n) is 6.90. The molecule has 4 aliphatic rings. The lowest BCUT2D eigenvalue weighted by Crippen LogP contribution is -2.62. The highest BCUT2D eigenvalue weighted by molar-refractivity contribution is 5.94. The van der Waals surface area contributed by atoms with Crippen LogP contribution in [-0.4, -0.2) is 67.3 Å². The summed E-state index contributed by atoms with van der Waals surface area (Å²) in [7, 11) is 0. The van der Waals surface area contributed by atoms with Crippen molar-refractivity contribution in [3.8, 4) is 11.5 Å². The van der Waals surface area contributed by atoms with Gasteiger partial charge in [-0.3, -0.25) is 14.7 Å². The molecule has 31 heavy (non-hydrogen) atoms. The minimum atomic E-state index is -0.00636. The highest BCUT2D eigenvalue weighted by atomic mass is 16.5. The number of aromatic nitrogens is 1. The van der Waals surface area contributed by atoms with Crippen molar-refractivity contribution >= 4 is 11.6 Å².